The lowest BCUT2D eigenvalue weighted by molar-refractivity contribution is -0.116. The Bertz CT molecular complexity index is 1160. The highest BCUT2D eigenvalue weighted by atomic mass is 19.1. The molecule has 5 nitrogen and oxygen atoms in total. The van der Waals surface area contributed by atoms with E-state index in [9.17, 15) is 14.0 Å². The number of amides is 2. The zero-order valence-electron chi connectivity index (χ0n) is 21.1. The van der Waals surface area contributed by atoms with Crippen molar-refractivity contribution in [2.24, 2.45) is 5.92 Å². The van der Waals surface area contributed by atoms with Gasteiger partial charge in [0.05, 0.1) is 6.04 Å². The summed E-state index contributed by atoms with van der Waals surface area (Å²) in [7, 11) is 3.88. The van der Waals surface area contributed by atoms with Gasteiger partial charge in [-0.15, -0.1) is 0 Å². The van der Waals surface area contributed by atoms with Gasteiger partial charge in [-0.3, -0.25) is 9.59 Å². The molecule has 3 aromatic carbocycles. The van der Waals surface area contributed by atoms with Gasteiger partial charge in [0.15, 0.2) is 0 Å². The maximum Gasteiger partial charge on any atom is 0.254 e. The molecule has 184 valence electrons. The van der Waals surface area contributed by atoms with E-state index in [0.717, 1.165) is 16.8 Å². The van der Waals surface area contributed by atoms with Crippen LogP contribution in [0.5, 0.6) is 0 Å². The molecule has 0 aromatic heterocycles. The number of nitrogens with one attached hydrogen (secondary N) is 1. The minimum absolute atomic E-state index is 0.0473. The van der Waals surface area contributed by atoms with Crippen LogP contribution < -0.4 is 10.2 Å². The van der Waals surface area contributed by atoms with Crippen LogP contribution in [-0.2, 0) is 11.3 Å². The molecule has 0 fully saturated rings. The standard InChI is InChI=1S/C29H34FN3O2/c1-20(2)16-28(34)31-26-14-15-27(32(4)5)24(18-26)19-33(21(3)22-10-7-6-8-11-22)29(35)23-12-9-13-25(30)17-23/h6-15,17-18,20-21H,16,19H2,1-5H3,(H,31,34)/t21-/m1/s1. The SMILES string of the molecule is CC(C)CC(=O)Nc1ccc(N(C)C)c(CN(C(=O)c2cccc(F)c2)[C@H](C)c2ccccc2)c1. The number of carbonyl (C=O) groups is 2. The van der Waals surface area contributed by atoms with Crippen molar-refractivity contribution < 1.29 is 14.0 Å². The van der Waals surface area contributed by atoms with Gasteiger partial charge in [-0.05, 0) is 60.4 Å². The summed E-state index contributed by atoms with van der Waals surface area (Å²) >= 11 is 0. The van der Waals surface area contributed by atoms with Crippen LogP contribution >= 0.6 is 0 Å². The number of hydrogen-bond donors (Lipinski definition) is 1. The third-order valence-corrected chi connectivity index (χ3v) is 5.86. The van der Waals surface area contributed by atoms with Crippen molar-refractivity contribution >= 4 is 23.2 Å². The average molecular weight is 476 g/mol. The second-order valence-electron chi connectivity index (χ2n) is 9.41. The quantitative estimate of drug-likeness (QED) is 0.396. The van der Waals surface area contributed by atoms with Gasteiger partial charge in [-0.25, -0.2) is 4.39 Å². The Morgan fingerprint density at radius 3 is 2.26 bits per heavy atom. The van der Waals surface area contributed by atoms with Crippen molar-refractivity contribution in [1.29, 1.82) is 0 Å². The number of hydrogen-bond acceptors (Lipinski definition) is 3. The maximum absolute atomic E-state index is 14.0. The normalized spacial score (nSPS) is 11.7. The Labute approximate surface area is 207 Å². The molecule has 0 aliphatic heterocycles. The minimum atomic E-state index is -0.452. The largest absolute Gasteiger partial charge is 0.377 e. The summed E-state index contributed by atoms with van der Waals surface area (Å²) in [6, 6.07) is 21.0. The molecule has 35 heavy (non-hydrogen) atoms. The summed E-state index contributed by atoms with van der Waals surface area (Å²) in [4.78, 5) is 29.8. The van der Waals surface area contributed by atoms with Gasteiger partial charge in [-0.1, -0.05) is 50.2 Å². The molecule has 3 rings (SSSR count). The van der Waals surface area contributed by atoms with Crippen molar-refractivity contribution in [3.05, 3.63) is 95.3 Å². The van der Waals surface area contributed by atoms with Crippen LogP contribution in [0.2, 0.25) is 0 Å². The van der Waals surface area contributed by atoms with E-state index in [1.165, 1.54) is 12.1 Å². The van der Waals surface area contributed by atoms with Crippen molar-refractivity contribution in [1.82, 2.24) is 4.90 Å². The third-order valence-electron chi connectivity index (χ3n) is 5.86. The van der Waals surface area contributed by atoms with Crippen LogP contribution in [0.1, 0.15) is 54.7 Å². The van der Waals surface area contributed by atoms with Crippen LogP contribution in [0.15, 0.2) is 72.8 Å². The summed E-state index contributed by atoms with van der Waals surface area (Å²) < 4.78 is 14.0. The predicted octanol–water partition coefficient (Wildman–Crippen LogP) is 6.28. The Morgan fingerprint density at radius 2 is 1.63 bits per heavy atom. The van der Waals surface area contributed by atoms with E-state index in [-0.39, 0.29) is 30.3 Å². The van der Waals surface area contributed by atoms with Crippen LogP contribution in [0.4, 0.5) is 15.8 Å². The first-order valence-electron chi connectivity index (χ1n) is 11.9. The Hall–Kier alpha value is -3.67. The van der Waals surface area contributed by atoms with Crippen molar-refractivity contribution in [2.75, 3.05) is 24.3 Å². The summed E-state index contributed by atoms with van der Waals surface area (Å²) in [5.41, 5.74) is 3.77. The van der Waals surface area contributed by atoms with Gasteiger partial charge in [-0.2, -0.15) is 0 Å². The van der Waals surface area contributed by atoms with Crippen molar-refractivity contribution in [2.45, 2.75) is 39.8 Å². The van der Waals surface area contributed by atoms with Crippen LogP contribution in [0.3, 0.4) is 0 Å². The molecule has 0 saturated carbocycles. The number of nitrogens with zero attached hydrogens (tertiary/aromatic N) is 2. The number of halogens is 1. The number of benzene rings is 3. The summed E-state index contributed by atoms with van der Waals surface area (Å²) in [5, 5.41) is 2.97. The highest BCUT2D eigenvalue weighted by Gasteiger charge is 2.25. The maximum atomic E-state index is 14.0. The predicted molar refractivity (Wildman–Crippen MR) is 140 cm³/mol. The third kappa shape index (κ3) is 6.92. The zero-order valence-corrected chi connectivity index (χ0v) is 21.1. The minimum Gasteiger partial charge on any atom is -0.377 e. The van der Waals surface area contributed by atoms with Gasteiger partial charge >= 0.3 is 0 Å². The van der Waals surface area contributed by atoms with E-state index in [1.807, 2.05) is 88.3 Å². The lowest BCUT2D eigenvalue weighted by Gasteiger charge is -2.32. The van der Waals surface area contributed by atoms with E-state index < -0.39 is 5.82 Å². The topological polar surface area (TPSA) is 52.7 Å². The van der Waals surface area contributed by atoms with Gasteiger partial charge < -0.3 is 15.1 Å². The second kappa shape index (κ2) is 11.6. The molecule has 0 unspecified atom stereocenters. The van der Waals surface area contributed by atoms with Crippen LogP contribution in [-0.4, -0.2) is 30.8 Å². The lowest BCUT2D eigenvalue weighted by atomic mass is 10.0. The van der Waals surface area contributed by atoms with E-state index in [0.29, 0.717) is 17.7 Å². The molecule has 0 aliphatic rings. The fourth-order valence-electron chi connectivity index (χ4n) is 4.08. The van der Waals surface area contributed by atoms with E-state index in [4.69, 9.17) is 0 Å². The van der Waals surface area contributed by atoms with Gasteiger partial charge in [0.1, 0.15) is 5.82 Å². The van der Waals surface area contributed by atoms with E-state index in [1.54, 1.807) is 17.0 Å². The zero-order chi connectivity index (χ0) is 25.5. The highest BCUT2D eigenvalue weighted by molar-refractivity contribution is 5.95. The molecule has 2 amide bonds. The monoisotopic (exact) mass is 475 g/mol. The molecule has 0 spiro atoms. The fourth-order valence-corrected chi connectivity index (χ4v) is 4.08. The molecule has 1 N–H and O–H groups in total. The summed E-state index contributed by atoms with van der Waals surface area (Å²) in [6.07, 6.45) is 0.431. The fraction of sp³-hybridized carbons (Fsp3) is 0.310. The molecule has 1 atom stereocenters. The van der Waals surface area contributed by atoms with Crippen LogP contribution in [0.25, 0.3) is 0 Å². The van der Waals surface area contributed by atoms with Gasteiger partial charge in [0, 0.05) is 44.0 Å². The molecule has 0 aliphatic carbocycles. The summed E-state index contributed by atoms with van der Waals surface area (Å²) in [5.74, 6) is -0.512. The van der Waals surface area contributed by atoms with E-state index in [2.05, 4.69) is 5.32 Å². The Kier molecular flexibility index (Phi) is 8.63. The molecule has 0 heterocycles. The van der Waals surface area contributed by atoms with Crippen molar-refractivity contribution in [3.63, 3.8) is 0 Å². The molecule has 0 radical (unpaired) electrons. The Balaban J connectivity index is 2.01. The summed E-state index contributed by atoms with van der Waals surface area (Å²) in [6.45, 7) is 6.25. The Morgan fingerprint density at radius 1 is 0.914 bits per heavy atom. The molecule has 6 heteroatoms. The molecular weight excluding hydrogens is 441 g/mol. The number of anilines is 2. The average Bonchev–Trinajstić information content (AvgIpc) is 2.81. The van der Waals surface area contributed by atoms with E-state index >= 15 is 0 Å². The molecule has 0 saturated heterocycles. The molecule has 3 aromatic rings. The van der Waals surface area contributed by atoms with Crippen molar-refractivity contribution in [3.8, 4) is 0 Å². The first-order valence-corrected chi connectivity index (χ1v) is 11.9. The highest BCUT2D eigenvalue weighted by Crippen LogP contribution is 2.30. The van der Waals surface area contributed by atoms with Gasteiger partial charge in [0.2, 0.25) is 5.91 Å². The number of rotatable bonds is 9. The second-order valence-corrected chi connectivity index (χ2v) is 9.41. The first kappa shape index (κ1) is 25.9. The lowest BCUT2D eigenvalue weighted by Crippen LogP contribution is -2.34. The smallest absolute Gasteiger partial charge is 0.254 e. The number of carbonyl (C=O) groups excluding carboxylic acids is 2. The van der Waals surface area contributed by atoms with Gasteiger partial charge in [0.25, 0.3) is 5.91 Å². The van der Waals surface area contributed by atoms with Crippen LogP contribution in [0, 0.1) is 11.7 Å². The first-order chi connectivity index (χ1) is 16.7. The molecular formula is C29H34FN3O2. The molecule has 0 bridgehead atoms.